The van der Waals surface area contributed by atoms with E-state index in [0.29, 0.717) is 18.7 Å². The Morgan fingerprint density at radius 1 is 1.23 bits per heavy atom. The lowest BCUT2D eigenvalue weighted by Crippen LogP contribution is -2.32. The van der Waals surface area contributed by atoms with Crippen LogP contribution in [0.2, 0.25) is 5.02 Å². The number of carbonyl (C=O) groups is 2. The van der Waals surface area contributed by atoms with Crippen molar-refractivity contribution in [2.45, 2.75) is 12.5 Å². The Hall–Kier alpha value is -2.90. The third-order valence-electron chi connectivity index (χ3n) is 5.17. The molecule has 1 atom stereocenters. The predicted octanol–water partition coefficient (Wildman–Crippen LogP) is 3.86. The second-order valence-electron chi connectivity index (χ2n) is 7.52. The molecule has 1 amide bonds. The van der Waals surface area contributed by atoms with Gasteiger partial charge < -0.3 is 19.6 Å². The molecule has 8 heteroatoms. The molecule has 0 radical (unpaired) electrons. The number of Topliss-reactive ketones (excluding diaryl/α,β-unsaturated/α-hetero) is 1. The Balaban J connectivity index is 2.13. The summed E-state index contributed by atoms with van der Waals surface area (Å²) in [7, 11) is 5.25. The highest BCUT2D eigenvalue weighted by Gasteiger charge is 2.46. The van der Waals surface area contributed by atoms with Gasteiger partial charge in [0.05, 0.1) is 23.7 Å². The van der Waals surface area contributed by atoms with Crippen molar-refractivity contribution in [3.05, 3.63) is 70.0 Å². The molecule has 1 N–H and O–H groups in total. The fourth-order valence-corrected chi connectivity index (χ4v) is 3.91. The maximum atomic E-state index is 14.7. The van der Waals surface area contributed by atoms with Gasteiger partial charge in [-0.05, 0) is 51.3 Å². The number of methoxy groups -OCH3 is 1. The molecule has 1 heterocycles. The average molecular weight is 447 g/mol. The molecule has 1 fully saturated rings. The number of likely N-dealkylation sites (tertiary alicyclic amines) is 1. The molecule has 0 unspecified atom stereocenters. The Kier molecular flexibility index (Phi) is 6.97. The van der Waals surface area contributed by atoms with Crippen molar-refractivity contribution in [2.75, 3.05) is 34.3 Å². The zero-order chi connectivity index (χ0) is 22.7. The van der Waals surface area contributed by atoms with Crippen LogP contribution in [0.3, 0.4) is 0 Å². The number of nitrogens with zero attached hydrogens (tertiary/aromatic N) is 2. The Morgan fingerprint density at radius 2 is 1.94 bits per heavy atom. The Labute approximate surface area is 185 Å². The van der Waals surface area contributed by atoms with E-state index < -0.39 is 29.3 Å². The molecule has 0 bridgehead atoms. The van der Waals surface area contributed by atoms with Crippen molar-refractivity contribution in [3.8, 4) is 5.75 Å². The van der Waals surface area contributed by atoms with Crippen molar-refractivity contribution < 1.29 is 23.8 Å². The topological polar surface area (TPSA) is 70.1 Å². The highest BCUT2D eigenvalue weighted by molar-refractivity contribution is 6.46. The second-order valence-corrected chi connectivity index (χ2v) is 7.93. The maximum Gasteiger partial charge on any atom is 0.295 e. The zero-order valence-corrected chi connectivity index (χ0v) is 18.3. The summed E-state index contributed by atoms with van der Waals surface area (Å²) in [6.07, 6.45) is 0.583. The predicted molar refractivity (Wildman–Crippen MR) is 117 cm³/mol. The second kappa shape index (κ2) is 9.49. The van der Waals surface area contributed by atoms with E-state index in [2.05, 4.69) is 0 Å². The van der Waals surface area contributed by atoms with Crippen LogP contribution >= 0.6 is 11.6 Å². The van der Waals surface area contributed by atoms with Gasteiger partial charge >= 0.3 is 0 Å². The van der Waals surface area contributed by atoms with E-state index in [1.165, 1.54) is 42.3 Å². The van der Waals surface area contributed by atoms with Gasteiger partial charge in [-0.15, -0.1) is 0 Å². The molecule has 0 spiro atoms. The quantitative estimate of drug-likeness (QED) is 0.397. The fraction of sp³-hybridized carbons (Fsp3) is 0.304. The number of hydrogen-bond acceptors (Lipinski definition) is 5. The molecule has 1 aliphatic rings. The van der Waals surface area contributed by atoms with Gasteiger partial charge in [-0.1, -0.05) is 29.8 Å². The van der Waals surface area contributed by atoms with Crippen LogP contribution in [-0.2, 0) is 9.59 Å². The van der Waals surface area contributed by atoms with Crippen LogP contribution in [0.15, 0.2) is 48.0 Å². The minimum absolute atomic E-state index is 0.146. The molecule has 6 nitrogen and oxygen atoms in total. The lowest BCUT2D eigenvalue weighted by molar-refractivity contribution is -0.140. The van der Waals surface area contributed by atoms with Gasteiger partial charge in [-0.25, -0.2) is 4.39 Å². The summed E-state index contributed by atoms with van der Waals surface area (Å²) in [6.45, 7) is 0.920. The zero-order valence-electron chi connectivity index (χ0n) is 17.6. The number of ether oxygens (including phenoxy) is 1. The standard InChI is InChI=1S/C23H24ClFN2O4/c1-26(2)11-6-12-27-20(15-7-4-5-8-17(15)25)19(22(29)23(27)30)21(28)14-9-10-18(31-3)16(24)13-14/h4-5,7-10,13,20,28H,6,11-12H2,1-3H3/b21-19+/t20-/m1/s1. The molecule has 0 aliphatic carbocycles. The molecular formula is C23H24ClFN2O4. The van der Waals surface area contributed by atoms with E-state index in [1.807, 2.05) is 19.0 Å². The summed E-state index contributed by atoms with van der Waals surface area (Å²) in [4.78, 5) is 29.0. The SMILES string of the molecule is COc1ccc(/C(O)=C2\C(=O)C(=O)N(CCCN(C)C)[C@@H]2c2ccccc2F)cc1Cl. The minimum atomic E-state index is -1.04. The monoisotopic (exact) mass is 446 g/mol. The summed E-state index contributed by atoms with van der Waals surface area (Å²) >= 11 is 6.17. The van der Waals surface area contributed by atoms with Crippen molar-refractivity contribution in [2.24, 2.45) is 0 Å². The fourth-order valence-electron chi connectivity index (χ4n) is 3.66. The van der Waals surface area contributed by atoms with Gasteiger partial charge in [-0.2, -0.15) is 0 Å². The largest absolute Gasteiger partial charge is 0.507 e. The van der Waals surface area contributed by atoms with Crippen molar-refractivity contribution >= 4 is 29.1 Å². The molecule has 0 saturated carbocycles. The molecule has 164 valence electrons. The molecule has 0 aromatic heterocycles. The van der Waals surface area contributed by atoms with E-state index in [-0.39, 0.29) is 28.3 Å². The highest BCUT2D eigenvalue weighted by atomic mass is 35.5. The summed E-state index contributed by atoms with van der Waals surface area (Å²) in [5.74, 6) is -2.21. The third kappa shape index (κ3) is 4.57. The lowest BCUT2D eigenvalue weighted by Gasteiger charge is -2.26. The number of rotatable bonds is 7. The highest BCUT2D eigenvalue weighted by Crippen LogP contribution is 2.41. The Bertz CT molecular complexity index is 1040. The van der Waals surface area contributed by atoms with Crippen molar-refractivity contribution in [1.29, 1.82) is 0 Å². The summed E-state index contributed by atoms with van der Waals surface area (Å²) < 4.78 is 19.8. The number of hydrogen-bond donors (Lipinski definition) is 1. The van der Waals surface area contributed by atoms with Gasteiger partial charge in [0.15, 0.2) is 0 Å². The molecule has 2 aromatic carbocycles. The van der Waals surface area contributed by atoms with E-state index in [9.17, 15) is 19.1 Å². The normalized spacial score (nSPS) is 18.1. The van der Waals surface area contributed by atoms with E-state index in [1.54, 1.807) is 12.1 Å². The maximum absolute atomic E-state index is 14.7. The number of ketones is 1. The smallest absolute Gasteiger partial charge is 0.295 e. The first kappa shape index (κ1) is 22.8. The molecule has 31 heavy (non-hydrogen) atoms. The van der Waals surface area contributed by atoms with Crippen molar-refractivity contribution in [3.63, 3.8) is 0 Å². The van der Waals surface area contributed by atoms with Crippen LogP contribution in [0, 0.1) is 5.82 Å². The lowest BCUT2D eigenvalue weighted by atomic mass is 9.95. The summed E-state index contributed by atoms with van der Waals surface area (Å²) in [5.41, 5.74) is 0.215. The van der Waals surface area contributed by atoms with E-state index >= 15 is 0 Å². The first-order valence-corrected chi connectivity index (χ1v) is 10.2. The Morgan fingerprint density at radius 3 is 2.55 bits per heavy atom. The first-order chi connectivity index (χ1) is 14.8. The van der Waals surface area contributed by atoms with E-state index in [0.717, 1.165) is 0 Å². The number of halogens is 2. The summed E-state index contributed by atoms with van der Waals surface area (Å²) in [5, 5.41) is 11.2. The van der Waals surface area contributed by atoms with Crippen LogP contribution in [-0.4, -0.2) is 60.9 Å². The number of benzene rings is 2. The van der Waals surface area contributed by atoms with Crippen LogP contribution in [0.4, 0.5) is 4.39 Å². The van der Waals surface area contributed by atoms with Gasteiger partial charge in [0.1, 0.15) is 17.3 Å². The third-order valence-corrected chi connectivity index (χ3v) is 5.46. The van der Waals surface area contributed by atoms with Gasteiger partial charge in [0.25, 0.3) is 11.7 Å². The summed E-state index contributed by atoms with van der Waals surface area (Å²) in [6, 6.07) is 9.40. The van der Waals surface area contributed by atoms with Crippen LogP contribution in [0.25, 0.3) is 5.76 Å². The minimum Gasteiger partial charge on any atom is -0.507 e. The molecule has 2 aromatic rings. The van der Waals surface area contributed by atoms with Gasteiger partial charge in [-0.3, -0.25) is 9.59 Å². The molecular weight excluding hydrogens is 423 g/mol. The molecule has 1 saturated heterocycles. The number of carbonyl (C=O) groups excluding carboxylic acids is 2. The van der Waals surface area contributed by atoms with Crippen LogP contribution in [0.5, 0.6) is 5.75 Å². The number of aliphatic hydroxyl groups is 1. The number of amides is 1. The average Bonchev–Trinajstić information content (AvgIpc) is 2.98. The van der Waals surface area contributed by atoms with Crippen LogP contribution < -0.4 is 4.74 Å². The van der Waals surface area contributed by atoms with Gasteiger partial charge in [0, 0.05) is 17.7 Å². The molecule has 1 aliphatic heterocycles. The molecule has 3 rings (SSSR count). The van der Waals surface area contributed by atoms with Crippen molar-refractivity contribution in [1.82, 2.24) is 9.80 Å². The van der Waals surface area contributed by atoms with E-state index in [4.69, 9.17) is 16.3 Å². The number of aliphatic hydroxyl groups excluding tert-OH is 1. The first-order valence-electron chi connectivity index (χ1n) is 9.77. The van der Waals surface area contributed by atoms with Crippen LogP contribution in [0.1, 0.15) is 23.6 Å². The van der Waals surface area contributed by atoms with Gasteiger partial charge in [0.2, 0.25) is 0 Å².